The molecule has 0 radical (unpaired) electrons. The van der Waals surface area contributed by atoms with Crippen molar-refractivity contribution in [3.8, 4) is 0 Å². The lowest BCUT2D eigenvalue weighted by Gasteiger charge is -2.34. The van der Waals surface area contributed by atoms with Crippen molar-refractivity contribution in [3.63, 3.8) is 0 Å². The van der Waals surface area contributed by atoms with Gasteiger partial charge in [0.15, 0.2) is 0 Å². The summed E-state index contributed by atoms with van der Waals surface area (Å²) in [5.41, 5.74) is 5.51. The standard InChI is InChI=1S/C12H25N3O2/c1-2-17-11-3-4-12(16)15-9-7-14(6-5-13)8-10-15/h2-11,13H2,1H3. The highest BCUT2D eigenvalue weighted by Gasteiger charge is 2.19. The van der Waals surface area contributed by atoms with E-state index < -0.39 is 0 Å². The van der Waals surface area contributed by atoms with Crippen LogP contribution in [0.3, 0.4) is 0 Å². The van der Waals surface area contributed by atoms with Crippen LogP contribution >= 0.6 is 0 Å². The normalized spacial score (nSPS) is 17.4. The Balaban J connectivity index is 2.12. The molecule has 0 spiro atoms. The highest BCUT2D eigenvalue weighted by Crippen LogP contribution is 2.04. The minimum Gasteiger partial charge on any atom is -0.382 e. The van der Waals surface area contributed by atoms with Crippen LogP contribution in [-0.4, -0.2) is 68.2 Å². The van der Waals surface area contributed by atoms with Crippen LogP contribution in [-0.2, 0) is 9.53 Å². The Morgan fingerprint density at radius 2 is 2.00 bits per heavy atom. The second kappa shape index (κ2) is 8.44. The zero-order valence-electron chi connectivity index (χ0n) is 10.9. The van der Waals surface area contributed by atoms with Crippen LogP contribution in [0, 0.1) is 0 Å². The van der Waals surface area contributed by atoms with Gasteiger partial charge in [0, 0.05) is 58.9 Å². The smallest absolute Gasteiger partial charge is 0.222 e. The molecule has 1 aliphatic heterocycles. The molecule has 0 aromatic carbocycles. The molecule has 1 amide bonds. The number of nitrogens with zero attached hydrogens (tertiary/aromatic N) is 2. The van der Waals surface area contributed by atoms with Gasteiger partial charge < -0.3 is 15.4 Å². The highest BCUT2D eigenvalue weighted by molar-refractivity contribution is 5.76. The molecule has 0 atom stereocenters. The van der Waals surface area contributed by atoms with Crippen molar-refractivity contribution in [1.82, 2.24) is 9.80 Å². The number of piperazine rings is 1. The van der Waals surface area contributed by atoms with E-state index in [-0.39, 0.29) is 5.91 Å². The molecule has 1 aliphatic rings. The Kier molecular flexibility index (Phi) is 7.16. The minimum absolute atomic E-state index is 0.261. The van der Waals surface area contributed by atoms with Crippen LogP contribution in [0.25, 0.3) is 0 Å². The van der Waals surface area contributed by atoms with E-state index in [0.717, 1.165) is 45.8 Å². The summed E-state index contributed by atoms with van der Waals surface area (Å²) in [6.07, 6.45) is 1.44. The molecule has 5 nitrogen and oxygen atoms in total. The maximum absolute atomic E-state index is 11.9. The summed E-state index contributed by atoms with van der Waals surface area (Å²) in [5, 5.41) is 0. The molecule has 0 bridgehead atoms. The van der Waals surface area contributed by atoms with Gasteiger partial charge in [-0.25, -0.2) is 0 Å². The van der Waals surface area contributed by atoms with Crippen molar-refractivity contribution in [2.24, 2.45) is 5.73 Å². The quantitative estimate of drug-likeness (QED) is 0.635. The molecule has 100 valence electrons. The predicted molar refractivity (Wildman–Crippen MR) is 67.8 cm³/mol. The number of carbonyl (C=O) groups is 1. The molecular weight excluding hydrogens is 218 g/mol. The van der Waals surface area contributed by atoms with Gasteiger partial charge in [-0.3, -0.25) is 9.69 Å². The van der Waals surface area contributed by atoms with Gasteiger partial charge >= 0.3 is 0 Å². The topological polar surface area (TPSA) is 58.8 Å². The Hall–Kier alpha value is -0.650. The van der Waals surface area contributed by atoms with Gasteiger partial charge in [-0.15, -0.1) is 0 Å². The number of hydrogen-bond donors (Lipinski definition) is 1. The second-order valence-electron chi connectivity index (χ2n) is 4.31. The van der Waals surface area contributed by atoms with E-state index in [1.165, 1.54) is 0 Å². The van der Waals surface area contributed by atoms with Crippen LogP contribution in [0.1, 0.15) is 19.8 Å². The molecule has 17 heavy (non-hydrogen) atoms. The number of ether oxygens (including phenoxy) is 1. The van der Waals surface area contributed by atoms with Crippen molar-refractivity contribution in [2.75, 3.05) is 52.5 Å². The first kappa shape index (κ1) is 14.4. The van der Waals surface area contributed by atoms with E-state index in [1.807, 2.05) is 11.8 Å². The Bertz CT molecular complexity index is 216. The maximum atomic E-state index is 11.9. The van der Waals surface area contributed by atoms with Gasteiger partial charge in [-0.2, -0.15) is 0 Å². The Labute approximate surface area is 104 Å². The zero-order valence-corrected chi connectivity index (χ0v) is 10.9. The lowest BCUT2D eigenvalue weighted by Crippen LogP contribution is -2.49. The number of nitrogens with two attached hydrogens (primary N) is 1. The molecule has 0 aromatic rings. The van der Waals surface area contributed by atoms with E-state index in [1.54, 1.807) is 0 Å². The molecule has 0 aliphatic carbocycles. The number of carbonyl (C=O) groups excluding carboxylic acids is 1. The summed E-state index contributed by atoms with van der Waals surface area (Å²) in [5.74, 6) is 0.261. The molecule has 0 aromatic heterocycles. The highest BCUT2D eigenvalue weighted by atomic mass is 16.5. The molecule has 1 saturated heterocycles. The predicted octanol–water partition coefficient (Wildman–Crippen LogP) is -0.0940. The van der Waals surface area contributed by atoms with Crippen molar-refractivity contribution in [2.45, 2.75) is 19.8 Å². The van der Waals surface area contributed by atoms with Crippen LogP contribution in [0.2, 0.25) is 0 Å². The lowest BCUT2D eigenvalue weighted by atomic mass is 10.2. The van der Waals surface area contributed by atoms with Gasteiger partial charge in [0.1, 0.15) is 0 Å². The Morgan fingerprint density at radius 1 is 1.29 bits per heavy atom. The van der Waals surface area contributed by atoms with Crippen LogP contribution in [0.5, 0.6) is 0 Å². The number of hydrogen-bond acceptors (Lipinski definition) is 4. The fourth-order valence-electron chi connectivity index (χ4n) is 2.03. The molecule has 2 N–H and O–H groups in total. The number of amides is 1. The van der Waals surface area contributed by atoms with E-state index >= 15 is 0 Å². The van der Waals surface area contributed by atoms with Crippen LogP contribution in [0.15, 0.2) is 0 Å². The van der Waals surface area contributed by atoms with Crippen molar-refractivity contribution < 1.29 is 9.53 Å². The fraction of sp³-hybridized carbons (Fsp3) is 0.917. The first-order valence-corrected chi connectivity index (χ1v) is 6.56. The average Bonchev–Trinajstić information content (AvgIpc) is 2.36. The summed E-state index contributed by atoms with van der Waals surface area (Å²) in [7, 11) is 0. The molecule has 0 saturated carbocycles. The molecule has 5 heteroatoms. The van der Waals surface area contributed by atoms with E-state index in [9.17, 15) is 4.79 Å². The summed E-state index contributed by atoms with van der Waals surface area (Å²) in [6, 6.07) is 0. The SMILES string of the molecule is CCOCCCC(=O)N1CCN(CCN)CC1. The monoisotopic (exact) mass is 243 g/mol. The summed E-state index contributed by atoms with van der Waals surface area (Å²) < 4.78 is 5.23. The summed E-state index contributed by atoms with van der Waals surface area (Å²) >= 11 is 0. The third-order valence-electron chi connectivity index (χ3n) is 3.05. The lowest BCUT2D eigenvalue weighted by molar-refractivity contribution is -0.133. The first-order valence-electron chi connectivity index (χ1n) is 6.56. The third kappa shape index (κ3) is 5.48. The van der Waals surface area contributed by atoms with E-state index in [2.05, 4.69) is 4.90 Å². The van der Waals surface area contributed by atoms with Crippen LogP contribution < -0.4 is 5.73 Å². The van der Waals surface area contributed by atoms with Gasteiger partial charge in [-0.05, 0) is 13.3 Å². The van der Waals surface area contributed by atoms with Gasteiger partial charge in [0.05, 0.1) is 0 Å². The molecule has 1 rings (SSSR count). The molecule has 1 fully saturated rings. The third-order valence-corrected chi connectivity index (χ3v) is 3.05. The largest absolute Gasteiger partial charge is 0.382 e. The molecular formula is C12H25N3O2. The molecule has 1 heterocycles. The van der Waals surface area contributed by atoms with Crippen molar-refractivity contribution in [1.29, 1.82) is 0 Å². The van der Waals surface area contributed by atoms with Gasteiger partial charge in [-0.1, -0.05) is 0 Å². The minimum atomic E-state index is 0.261. The second-order valence-corrected chi connectivity index (χ2v) is 4.31. The van der Waals surface area contributed by atoms with E-state index in [0.29, 0.717) is 19.6 Å². The van der Waals surface area contributed by atoms with Gasteiger partial charge in [0.25, 0.3) is 0 Å². The summed E-state index contributed by atoms with van der Waals surface area (Å²) in [6.45, 7) is 8.61. The van der Waals surface area contributed by atoms with Crippen molar-refractivity contribution in [3.05, 3.63) is 0 Å². The summed E-state index contributed by atoms with van der Waals surface area (Å²) in [4.78, 5) is 16.1. The number of rotatable bonds is 7. The fourth-order valence-corrected chi connectivity index (χ4v) is 2.03. The molecule has 0 unspecified atom stereocenters. The van der Waals surface area contributed by atoms with Gasteiger partial charge in [0.2, 0.25) is 5.91 Å². The first-order chi connectivity index (χ1) is 8.27. The van der Waals surface area contributed by atoms with E-state index in [4.69, 9.17) is 10.5 Å². The Morgan fingerprint density at radius 3 is 2.59 bits per heavy atom. The average molecular weight is 243 g/mol. The van der Waals surface area contributed by atoms with Crippen LogP contribution in [0.4, 0.5) is 0 Å². The van der Waals surface area contributed by atoms with Crippen molar-refractivity contribution >= 4 is 5.91 Å². The maximum Gasteiger partial charge on any atom is 0.222 e. The zero-order chi connectivity index (χ0) is 12.5.